The maximum Gasteiger partial charge on any atom is 0.435 e. The van der Waals surface area contributed by atoms with Gasteiger partial charge in [-0.2, -0.15) is 9.78 Å². The van der Waals surface area contributed by atoms with E-state index in [2.05, 4.69) is 5.10 Å². The Morgan fingerprint density at radius 2 is 1.81 bits per heavy atom. The van der Waals surface area contributed by atoms with Crippen molar-refractivity contribution in [2.75, 3.05) is 7.11 Å². The van der Waals surface area contributed by atoms with Gasteiger partial charge in [0.05, 0.1) is 23.2 Å². The number of fused-ring (bicyclic) bond motifs is 1. The predicted molar refractivity (Wildman–Crippen MR) is 103 cm³/mol. The molecule has 140 valence electrons. The van der Waals surface area contributed by atoms with Crippen molar-refractivity contribution in [3.8, 4) is 11.3 Å². The summed E-state index contributed by atoms with van der Waals surface area (Å²) in [5.41, 5.74) is 1.25. The number of halogens is 1. The Labute approximate surface area is 161 Å². The number of carbonyl (C=O) groups is 2. The summed E-state index contributed by atoms with van der Waals surface area (Å²) in [7, 11) is 1.30. The molecule has 0 unspecified atom stereocenters. The van der Waals surface area contributed by atoms with E-state index in [0.717, 1.165) is 4.68 Å². The van der Waals surface area contributed by atoms with Gasteiger partial charge in [0, 0.05) is 10.9 Å². The lowest BCUT2D eigenvalue weighted by Crippen LogP contribution is -2.27. The number of hydrogen-bond donors (Lipinski definition) is 0. The van der Waals surface area contributed by atoms with Crippen LogP contribution < -0.4 is 0 Å². The second kappa shape index (κ2) is 7.04. The number of nitrogens with zero attached hydrogens (tertiary/aromatic N) is 2. The molecule has 1 heterocycles. The van der Waals surface area contributed by atoms with E-state index in [9.17, 15) is 9.59 Å². The fourth-order valence-corrected chi connectivity index (χ4v) is 2.88. The molecule has 0 N–H and O–H groups in total. The molecule has 3 rings (SSSR count). The summed E-state index contributed by atoms with van der Waals surface area (Å²) in [6, 6.07) is 12.1. The van der Waals surface area contributed by atoms with Gasteiger partial charge in [-0.15, -0.1) is 0 Å². The zero-order valence-electron chi connectivity index (χ0n) is 15.4. The molecule has 27 heavy (non-hydrogen) atoms. The fraction of sp³-hybridized carbons (Fsp3) is 0.250. The Morgan fingerprint density at radius 3 is 2.44 bits per heavy atom. The van der Waals surface area contributed by atoms with Gasteiger partial charge in [-0.25, -0.2) is 9.59 Å². The molecule has 0 saturated heterocycles. The highest BCUT2D eigenvalue weighted by atomic mass is 35.5. The highest BCUT2D eigenvalue weighted by molar-refractivity contribution is 6.33. The second-order valence-corrected chi connectivity index (χ2v) is 7.35. The summed E-state index contributed by atoms with van der Waals surface area (Å²) in [5.74, 6) is -0.506. The Morgan fingerprint density at radius 1 is 1.11 bits per heavy atom. The lowest BCUT2D eigenvalue weighted by atomic mass is 10.1. The number of carbonyl (C=O) groups excluding carboxylic acids is 2. The molecule has 3 aromatic rings. The van der Waals surface area contributed by atoms with Crippen LogP contribution in [0.15, 0.2) is 42.5 Å². The van der Waals surface area contributed by atoms with Gasteiger partial charge >= 0.3 is 12.1 Å². The van der Waals surface area contributed by atoms with Gasteiger partial charge in [0.2, 0.25) is 0 Å². The molecular weight excluding hydrogens is 368 g/mol. The molecule has 2 aromatic carbocycles. The standard InChI is InChI=1S/C20H19ClN2O4/c1-20(2,3)27-19(25)23-16-11-12(18(24)26-4)9-10-14(16)17(22-23)13-7-5-6-8-15(13)21/h5-11H,1-4H3. The van der Waals surface area contributed by atoms with Gasteiger partial charge in [0.1, 0.15) is 11.3 Å². The van der Waals surface area contributed by atoms with Crippen LogP contribution in [0.2, 0.25) is 5.02 Å². The smallest absolute Gasteiger partial charge is 0.435 e. The molecule has 7 heteroatoms. The molecule has 6 nitrogen and oxygen atoms in total. The van der Waals surface area contributed by atoms with Gasteiger partial charge in [0.15, 0.2) is 0 Å². The third-order valence-electron chi connectivity index (χ3n) is 3.80. The normalized spacial score (nSPS) is 11.4. The second-order valence-electron chi connectivity index (χ2n) is 6.94. The minimum atomic E-state index is -0.695. The summed E-state index contributed by atoms with van der Waals surface area (Å²) in [6.07, 6.45) is -0.646. The van der Waals surface area contributed by atoms with Crippen molar-refractivity contribution >= 4 is 34.6 Å². The summed E-state index contributed by atoms with van der Waals surface area (Å²) >= 11 is 6.32. The van der Waals surface area contributed by atoms with Crippen molar-refractivity contribution in [3.63, 3.8) is 0 Å². The first kappa shape index (κ1) is 18.9. The van der Waals surface area contributed by atoms with Crippen molar-refractivity contribution in [1.82, 2.24) is 9.78 Å². The minimum absolute atomic E-state index is 0.306. The van der Waals surface area contributed by atoms with E-state index in [0.29, 0.717) is 32.7 Å². The number of benzene rings is 2. The molecule has 0 atom stereocenters. The van der Waals surface area contributed by atoms with Crippen molar-refractivity contribution in [3.05, 3.63) is 53.1 Å². The number of aromatic nitrogens is 2. The van der Waals surface area contributed by atoms with Crippen LogP contribution in [0, 0.1) is 0 Å². The predicted octanol–water partition coefficient (Wildman–Crippen LogP) is 4.93. The lowest BCUT2D eigenvalue weighted by molar-refractivity contribution is 0.0520. The first-order valence-electron chi connectivity index (χ1n) is 8.30. The zero-order valence-corrected chi connectivity index (χ0v) is 16.2. The molecule has 0 bridgehead atoms. The molecule has 0 amide bonds. The van der Waals surface area contributed by atoms with Gasteiger partial charge in [-0.3, -0.25) is 0 Å². The van der Waals surface area contributed by atoms with Gasteiger partial charge in [0.25, 0.3) is 0 Å². The summed E-state index contributed by atoms with van der Waals surface area (Å²) in [5, 5.41) is 5.61. The summed E-state index contributed by atoms with van der Waals surface area (Å²) in [4.78, 5) is 24.6. The number of ether oxygens (including phenoxy) is 2. The van der Waals surface area contributed by atoms with Crippen LogP contribution in [0.3, 0.4) is 0 Å². The Balaban J connectivity index is 2.25. The lowest BCUT2D eigenvalue weighted by Gasteiger charge is -2.19. The maximum atomic E-state index is 12.7. The molecular formula is C20H19ClN2O4. The van der Waals surface area contributed by atoms with E-state index in [-0.39, 0.29) is 0 Å². The van der Waals surface area contributed by atoms with Crippen LogP contribution in [0.5, 0.6) is 0 Å². The quantitative estimate of drug-likeness (QED) is 0.584. The van der Waals surface area contributed by atoms with E-state index in [4.69, 9.17) is 21.1 Å². The Kier molecular flexibility index (Phi) is 4.93. The SMILES string of the molecule is COC(=O)c1ccc2c(-c3ccccc3Cl)nn(C(=O)OC(C)(C)C)c2c1. The van der Waals surface area contributed by atoms with Crippen LogP contribution in [0.25, 0.3) is 22.2 Å². The first-order chi connectivity index (χ1) is 12.7. The van der Waals surface area contributed by atoms with E-state index in [1.165, 1.54) is 7.11 Å². The van der Waals surface area contributed by atoms with Gasteiger partial charge in [-0.05, 0) is 45.0 Å². The van der Waals surface area contributed by atoms with E-state index in [1.807, 2.05) is 18.2 Å². The third kappa shape index (κ3) is 3.80. The Bertz CT molecular complexity index is 1030. The van der Waals surface area contributed by atoms with E-state index in [1.54, 1.807) is 45.0 Å². The topological polar surface area (TPSA) is 70.4 Å². The third-order valence-corrected chi connectivity index (χ3v) is 4.13. The summed E-state index contributed by atoms with van der Waals surface area (Å²) in [6.45, 7) is 5.31. The largest absolute Gasteiger partial charge is 0.465 e. The zero-order chi connectivity index (χ0) is 19.8. The molecule has 0 fully saturated rings. The fourth-order valence-electron chi connectivity index (χ4n) is 2.66. The number of hydrogen-bond acceptors (Lipinski definition) is 5. The minimum Gasteiger partial charge on any atom is -0.465 e. The number of methoxy groups -OCH3 is 1. The molecule has 0 aliphatic carbocycles. The number of rotatable bonds is 2. The van der Waals surface area contributed by atoms with Crippen LogP contribution in [0.1, 0.15) is 31.1 Å². The van der Waals surface area contributed by atoms with Gasteiger partial charge in [-0.1, -0.05) is 29.8 Å². The van der Waals surface area contributed by atoms with Crippen LogP contribution in [0.4, 0.5) is 4.79 Å². The molecule has 1 aromatic heterocycles. The van der Waals surface area contributed by atoms with Crippen LogP contribution in [-0.4, -0.2) is 34.6 Å². The van der Waals surface area contributed by atoms with Crippen molar-refractivity contribution in [1.29, 1.82) is 0 Å². The maximum absolute atomic E-state index is 12.7. The average Bonchev–Trinajstić information content (AvgIpc) is 2.99. The Hall–Kier alpha value is -2.86. The van der Waals surface area contributed by atoms with Crippen LogP contribution >= 0.6 is 11.6 Å². The van der Waals surface area contributed by atoms with Crippen molar-refractivity contribution in [2.45, 2.75) is 26.4 Å². The molecule has 0 saturated carbocycles. The first-order valence-corrected chi connectivity index (χ1v) is 8.68. The summed E-state index contributed by atoms with van der Waals surface area (Å²) < 4.78 is 11.4. The number of esters is 1. The van der Waals surface area contributed by atoms with Gasteiger partial charge < -0.3 is 9.47 Å². The molecule has 0 spiro atoms. The van der Waals surface area contributed by atoms with Crippen LogP contribution in [-0.2, 0) is 9.47 Å². The monoisotopic (exact) mass is 386 g/mol. The highest BCUT2D eigenvalue weighted by Crippen LogP contribution is 2.33. The van der Waals surface area contributed by atoms with E-state index >= 15 is 0 Å². The highest BCUT2D eigenvalue weighted by Gasteiger charge is 2.24. The van der Waals surface area contributed by atoms with Crippen molar-refractivity contribution < 1.29 is 19.1 Å². The molecule has 0 aliphatic rings. The van der Waals surface area contributed by atoms with Crippen molar-refractivity contribution in [2.24, 2.45) is 0 Å². The molecule has 0 aliphatic heterocycles. The van der Waals surface area contributed by atoms with E-state index < -0.39 is 17.7 Å². The average molecular weight is 387 g/mol. The molecule has 0 radical (unpaired) electrons.